The second-order valence-electron chi connectivity index (χ2n) is 2.93. The standard InChI is InChI=1S/C11H15N/c1-4-9(2)10-7-5-6-8-11(10)12-3/h4-5,7H,3,6,8H2,1-2H3/b9-4-. The van der Waals surface area contributed by atoms with E-state index in [2.05, 4.69) is 36.9 Å². The summed E-state index contributed by atoms with van der Waals surface area (Å²) >= 11 is 0. The van der Waals surface area contributed by atoms with E-state index in [0.717, 1.165) is 18.5 Å². The van der Waals surface area contributed by atoms with E-state index < -0.39 is 0 Å². The average molecular weight is 161 g/mol. The van der Waals surface area contributed by atoms with E-state index in [1.54, 1.807) is 0 Å². The zero-order valence-corrected chi connectivity index (χ0v) is 7.80. The van der Waals surface area contributed by atoms with E-state index in [0.29, 0.717) is 0 Å². The molecule has 1 aliphatic carbocycles. The zero-order chi connectivity index (χ0) is 8.97. The number of hydrogen-bond acceptors (Lipinski definition) is 1. The lowest BCUT2D eigenvalue weighted by Crippen LogP contribution is -1.93. The van der Waals surface area contributed by atoms with Crippen molar-refractivity contribution in [3.63, 3.8) is 0 Å². The lowest BCUT2D eigenvalue weighted by atomic mass is 9.98. The molecule has 0 amide bonds. The van der Waals surface area contributed by atoms with Crippen LogP contribution in [0.15, 0.2) is 40.1 Å². The van der Waals surface area contributed by atoms with Gasteiger partial charge in [-0.15, -0.1) is 0 Å². The van der Waals surface area contributed by atoms with E-state index in [9.17, 15) is 0 Å². The van der Waals surface area contributed by atoms with Crippen molar-refractivity contribution in [3.05, 3.63) is 35.1 Å². The number of allylic oxidation sites excluding steroid dienone is 6. The van der Waals surface area contributed by atoms with Gasteiger partial charge in [-0.3, -0.25) is 4.99 Å². The Morgan fingerprint density at radius 2 is 2.42 bits per heavy atom. The van der Waals surface area contributed by atoms with Crippen molar-refractivity contribution in [2.24, 2.45) is 4.99 Å². The summed E-state index contributed by atoms with van der Waals surface area (Å²) in [6.07, 6.45) is 8.56. The fourth-order valence-electron chi connectivity index (χ4n) is 1.33. The zero-order valence-electron chi connectivity index (χ0n) is 7.80. The van der Waals surface area contributed by atoms with Crippen molar-refractivity contribution in [2.75, 3.05) is 0 Å². The monoisotopic (exact) mass is 161 g/mol. The summed E-state index contributed by atoms with van der Waals surface area (Å²) in [5.41, 5.74) is 3.67. The summed E-state index contributed by atoms with van der Waals surface area (Å²) in [7, 11) is 0. The van der Waals surface area contributed by atoms with Gasteiger partial charge in [0.05, 0.1) is 0 Å². The molecule has 1 aliphatic rings. The van der Waals surface area contributed by atoms with Gasteiger partial charge in [0.2, 0.25) is 0 Å². The van der Waals surface area contributed by atoms with Crippen LogP contribution in [-0.2, 0) is 0 Å². The Bertz CT molecular complexity index is 267. The molecular weight excluding hydrogens is 146 g/mol. The third-order valence-electron chi connectivity index (χ3n) is 2.19. The normalized spacial score (nSPS) is 18.3. The fourth-order valence-corrected chi connectivity index (χ4v) is 1.33. The topological polar surface area (TPSA) is 12.4 Å². The van der Waals surface area contributed by atoms with Gasteiger partial charge in [-0.1, -0.05) is 18.2 Å². The van der Waals surface area contributed by atoms with Crippen LogP contribution in [0.1, 0.15) is 26.7 Å². The minimum Gasteiger partial charge on any atom is -0.268 e. The molecule has 0 unspecified atom stereocenters. The smallest absolute Gasteiger partial charge is 0.0474 e. The second kappa shape index (κ2) is 4.05. The van der Waals surface area contributed by atoms with Crippen LogP contribution in [0.3, 0.4) is 0 Å². The lowest BCUT2D eigenvalue weighted by molar-refractivity contribution is 0.927. The van der Waals surface area contributed by atoms with Crippen molar-refractivity contribution in [3.8, 4) is 0 Å². The van der Waals surface area contributed by atoms with Gasteiger partial charge in [0.15, 0.2) is 0 Å². The van der Waals surface area contributed by atoms with Gasteiger partial charge in [0.1, 0.15) is 0 Å². The molecule has 0 saturated heterocycles. The van der Waals surface area contributed by atoms with Crippen LogP contribution in [0.4, 0.5) is 0 Å². The van der Waals surface area contributed by atoms with Crippen LogP contribution in [0.25, 0.3) is 0 Å². The minimum atomic E-state index is 1.03. The van der Waals surface area contributed by atoms with Gasteiger partial charge in [-0.05, 0) is 44.6 Å². The summed E-state index contributed by atoms with van der Waals surface area (Å²) in [6.45, 7) is 7.74. The first-order valence-electron chi connectivity index (χ1n) is 4.29. The number of aliphatic imine (C=N–C) groups is 1. The van der Waals surface area contributed by atoms with Crippen LogP contribution in [0.2, 0.25) is 0 Å². The summed E-state index contributed by atoms with van der Waals surface area (Å²) in [5.74, 6) is 0. The minimum absolute atomic E-state index is 1.03. The molecule has 64 valence electrons. The van der Waals surface area contributed by atoms with Crippen LogP contribution in [-0.4, -0.2) is 6.72 Å². The van der Waals surface area contributed by atoms with Gasteiger partial charge in [0, 0.05) is 5.70 Å². The highest BCUT2D eigenvalue weighted by Gasteiger charge is 2.06. The molecule has 0 radical (unpaired) electrons. The van der Waals surface area contributed by atoms with Gasteiger partial charge in [0.25, 0.3) is 0 Å². The first-order chi connectivity index (χ1) is 5.79. The van der Waals surface area contributed by atoms with Crippen molar-refractivity contribution >= 4 is 6.72 Å². The third-order valence-corrected chi connectivity index (χ3v) is 2.19. The van der Waals surface area contributed by atoms with Crippen molar-refractivity contribution in [2.45, 2.75) is 26.7 Å². The molecule has 0 aromatic rings. The fraction of sp³-hybridized carbons (Fsp3) is 0.364. The van der Waals surface area contributed by atoms with E-state index in [1.165, 1.54) is 11.1 Å². The number of nitrogens with zero attached hydrogens (tertiary/aromatic N) is 1. The largest absolute Gasteiger partial charge is 0.268 e. The molecule has 1 rings (SSSR count). The highest BCUT2D eigenvalue weighted by atomic mass is 14.7. The van der Waals surface area contributed by atoms with Gasteiger partial charge >= 0.3 is 0 Å². The van der Waals surface area contributed by atoms with Gasteiger partial charge in [-0.25, -0.2) is 0 Å². The van der Waals surface area contributed by atoms with Gasteiger partial charge < -0.3 is 0 Å². The predicted octanol–water partition coefficient (Wildman–Crippen LogP) is 3.26. The van der Waals surface area contributed by atoms with Crippen LogP contribution in [0.5, 0.6) is 0 Å². The third kappa shape index (κ3) is 1.73. The summed E-state index contributed by atoms with van der Waals surface area (Å²) in [6, 6.07) is 0. The molecule has 0 saturated carbocycles. The molecule has 0 fully saturated rings. The molecular formula is C11H15N. The Hall–Kier alpha value is -1.11. The highest BCUT2D eigenvalue weighted by molar-refractivity contribution is 5.46. The van der Waals surface area contributed by atoms with Crippen LogP contribution >= 0.6 is 0 Å². The molecule has 1 heteroatoms. The molecule has 0 heterocycles. The lowest BCUT2D eigenvalue weighted by Gasteiger charge is -2.11. The maximum Gasteiger partial charge on any atom is 0.0474 e. The van der Waals surface area contributed by atoms with Crippen molar-refractivity contribution in [1.29, 1.82) is 0 Å². The Balaban J connectivity index is 3.04. The van der Waals surface area contributed by atoms with Crippen LogP contribution in [0, 0.1) is 0 Å². The predicted molar refractivity (Wildman–Crippen MR) is 54.4 cm³/mol. The van der Waals surface area contributed by atoms with E-state index >= 15 is 0 Å². The van der Waals surface area contributed by atoms with E-state index in [-0.39, 0.29) is 0 Å². The molecule has 0 bridgehead atoms. The molecule has 0 aromatic heterocycles. The molecule has 12 heavy (non-hydrogen) atoms. The second-order valence-corrected chi connectivity index (χ2v) is 2.93. The van der Waals surface area contributed by atoms with Crippen LogP contribution < -0.4 is 0 Å². The summed E-state index contributed by atoms with van der Waals surface area (Å²) in [5, 5.41) is 0. The molecule has 0 spiro atoms. The highest BCUT2D eigenvalue weighted by Crippen LogP contribution is 2.24. The first kappa shape index (κ1) is 8.98. The Labute approximate surface area is 74.2 Å². The van der Waals surface area contributed by atoms with Gasteiger partial charge in [-0.2, -0.15) is 0 Å². The Morgan fingerprint density at radius 3 is 3.00 bits per heavy atom. The molecule has 0 N–H and O–H groups in total. The van der Waals surface area contributed by atoms with E-state index in [1.807, 2.05) is 6.92 Å². The van der Waals surface area contributed by atoms with Crippen molar-refractivity contribution < 1.29 is 0 Å². The molecule has 1 nitrogen and oxygen atoms in total. The summed E-state index contributed by atoms with van der Waals surface area (Å²) < 4.78 is 0. The summed E-state index contributed by atoms with van der Waals surface area (Å²) in [4.78, 5) is 4.04. The average Bonchev–Trinajstić information content (AvgIpc) is 2.16. The Morgan fingerprint density at radius 1 is 1.67 bits per heavy atom. The van der Waals surface area contributed by atoms with Crippen molar-refractivity contribution in [1.82, 2.24) is 0 Å². The molecule has 0 aromatic carbocycles. The number of rotatable bonds is 2. The Kier molecular flexibility index (Phi) is 3.03. The quantitative estimate of drug-likeness (QED) is 0.551. The maximum absolute atomic E-state index is 4.04. The maximum atomic E-state index is 4.04. The number of hydrogen-bond donors (Lipinski definition) is 0. The van der Waals surface area contributed by atoms with E-state index in [4.69, 9.17) is 0 Å². The SMILES string of the molecule is C=NC1=C(/C(C)=C\C)C=CCC1. The first-order valence-corrected chi connectivity index (χ1v) is 4.29. The molecule has 0 atom stereocenters. The molecule has 0 aliphatic heterocycles.